The minimum atomic E-state index is -0.109. The molecule has 2 heterocycles. The molecule has 1 atom stereocenters. The molecule has 1 amide bonds. The summed E-state index contributed by atoms with van der Waals surface area (Å²) in [5, 5.41) is 3.43. The fourth-order valence-electron chi connectivity index (χ4n) is 2.50. The van der Waals surface area contributed by atoms with Crippen molar-refractivity contribution < 1.29 is 9.59 Å². The van der Waals surface area contributed by atoms with E-state index in [1.165, 1.54) is 0 Å². The lowest BCUT2D eigenvalue weighted by molar-refractivity contribution is -0.120. The van der Waals surface area contributed by atoms with Crippen LogP contribution in [0.25, 0.3) is 0 Å². The number of carbonyl (C=O) groups is 2. The van der Waals surface area contributed by atoms with Gasteiger partial charge < -0.3 is 9.88 Å². The van der Waals surface area contributed by atoms with Gasteiger partial charge in [-0.25, -0.2) is 0 Å². The van der Waals surface area contributed by atoms with E-state index < -0.39 is 0 Å². The largest absolute Gasteiger partial charge is 0.340 e. The van der Waals surface area contributed by atoms with Crippen molar-refractivity contribution in [3.05, 3.63) is 34.8 Å². The van der Waals surface area contributed by atoms with Crippen molar-refractivity contribution >= 4 is 23.3 Å². The normalized spacial score (nSPS) is 23.4. The van der Waals surface area contributed by atoms with Gasteiger partial charge in [-0.05, 0) is 12.5 Å². The molecule has 0 aromatic carbocycles. The van der Waals surface area contributed by atoms with Gasteiger partial charge >= 0.3 is 0 Å². The summed E-state index contributed by atoms with van der Waals surface area (Å²) in [6.07, 6.45) is 4.55. The highest BCUT2D eigenvalue weighted by Gasteiger charge is 2.30. The van der Waals surface area contributed by atoms with Crippen LogP contribution in [0.3, 0.4) is 0 Å². The number of rotatable bonds is 0. The van der Waals surface area contributed by atoms with E-state index in [2.05, 4.69) is 5.32 Å². The Hall–Kier alpha value is -1.55. The standard InChI is InChI=1S/C12H11ClN2O2/c13-7-3-11-9-2-1-8(16)4-10(9)14-12(17)6-15(11)5-7/h3-5,9H,1-2,6H2,(H,14,17). The van der Waals surface area contributed by atoms with Gasteiger partial charge in [0.2, 0.25) is 5.91 Å². The Morgan fingerprint density at radius 3 is 3.06 bits per heavy atom. The summed E-state index contributed by atoms with van der Waals surface area (Å²) in [4.78, 5) is 23.1. The molecule has 0 bridgehead atoms. The average molecular weight is 251 g/mol. The van der Waals surface area contributed by atoms with Gasteiger partial charge in [-0.2, -0.15) is 0 Å². The summed E-state index contributed by atoms with van der Waals surface area (Å²) in [5.41, 5.74) is 1.71. The molecule has 0 saturated carbocycles. The van der Waals surface area contributed by atoms with Gasteiger partial charge in [0.05, 0.1) is 5.02 Å². The number of carbonyl (C=O) groups excluding carboxylic acids is 2. The van der Waals surface area contributed by atoms with Crippen molar-refractivity contribution in [2.75, 3.05) is 0 Å². The molecule has 0 fully saturated rings. The Kier molecular flexibility index (Phi) is 2.33. The fourth-order valence-corrected chi connectivity index (χ4v) is 2.73. The predicted octanol–water partition coefficient (Wildman–Crippen LogP) is 1.60. The van der Waals surface area contributed by atoms with Gasteiger partial charge in [0, 0.05) is 36.0 Å². The van der Waals surface area contributed by atoms with E-state index in [1.807, 2.05) is 10.6 Å². The summed E-state index contributed by atoms with van der Waals surface area (Å²) in [5.74, 6) is 0.0382. The van der Waals surface area contributed by atoms with Crippen LogP contribution in [0, 0.1) is 0 Å². The number of hydrogen-bond acceptors (Lipinski definition) is 2. The summed E-state index contributed by atoms with van der Waals surface area (Å²) in [7, 11) is 0. The lowest BCUT2D eigenvalue weighted by Gasteiger charge is -2.21. The van der Waals surface area contributed by atoms with Gasteiger partial charge in [0.15, 0.2) is 5.78 Å². The van der Waals surface area contributed by atoms with Crippen LogP contribution in [0.4, 0.5) is 0 Å². The van der Waals surface area contributed by atoms with Crippen molar-refractivity contribution in [2.24, 2.45) is 0 Å². The maximum atomic E-state index is 11.7. The van der Waals surface area contributed by atoms with Crippen LogP contribution in [0.5, 0.6) is 0 Å². The smallest absolute Gasteiger partial charge is 0.244 e. The summed E-state index contributed by atoms with van der Waals surface area (Å²) >= 11 is 5.97. The topological polar surface area (TPSA) is 51.1 Å². The fraction of sp³-hybridized carbons (Fsp3) is 0.333. The summed E-state index contributed by atoms with van der Waals surface area (Å²) < 4.78 is 1.86. The number of halogens is 1. The third-order valence-electron chi connectivity index (χ3n) is 3.22. The number of amides is 1. The van der Waals surface area contributed by atoms with Gasteiger partial charge in [-0.3, -0.25) is 9.59 Å². The third kappa shape index (κ3) is 1.78. The second kappa shape index (κ2) is 3.74. The van der Waals surface area contributed by atoms with Crippen LogP contribution in [0.2, 0.25) is 5.02 Å². The molecule has 0 saturated heterocycles. The van der Waals surface area contributed by atoms with E-state index in [4.69, 9.17) is 11.6 Å². The first-order valence-electron chi connectivity index (χ1n) is 5.53. The molecule has 2 aliphatic rings. The molecule has 1 aromatic rings. The minimum absolute atomic E-state index is 0.0719. The lowest BCUT2D eigenvalue weighted by Crippen LogP contribution is -2.27. The number of hydrogen-bond donors (Lipinski definition) is 1. The van der Waals surface area contributed by atoms with E-state index in [0.717, 1.165) is 12.1 Å². The first kappa shape index (κ1) is 10.6. The highest BCUT2D eigenvalue weighted by molar-refractivity contribution is 6.30. The lowest BCUT2D eigenvalue weighted by atomic mass is 9.89. The zero-order valence-corrected chi connectivity index (χ0v) is 9.83. The molecule has 1 unspecified atom stereocenters. The molecule has 17 heavy (non-hydrogen) atoms. The van der Waals surface area contributed by atoms with Crippen molar-refractivity contribution in [3.8, 4) is 0 Å². The SMILES string of the molecule is O=C1C=C2NC(=O)Cn3cc(Cl)cc3C2CC1. The number of nitrogens with zero attached hydrogens (tertiary/aromatic N) is 1. The Bertz CT molecular complexity index is 545. The van der Waals surface area contributed by atoms with Crippen molar-refractivity contribution in [1.29, 1.82) is 0 Å². The van der Waals surface area contributed by atoms with E-state index in [1.54, 1.807) is 12.3 Å². The number of aromatic nitrogens is 1. The molecule has 88 valence electrons. The van der Waals surface area contributed by atoms with Crippen LogP contribution in [0.1, 0.15) is 24.5 Å². The van der Waals surface area contributed by atoms with Crippen molar-refractivity contribution in [3.63, 3.8) is 0 Å². The number of nitrogens with one attached hydrogen (secondary N) is 1. The number of ketones is 1. The molecule has 4 nitrogen and oxygen atoms in total. The van der Waals surface area contributed by atoms with E-state index >= 15 is 0 Å². The second-order valence-corrected chi connectivity index (χ2v) is 4.85. The molecule has 1 N–H and O–H groups in total. The minimum Gasteiger partial charge on any atom is -0.340 e. The Morgan fingerprint density at radius 2 is 2.24 bits per heavy atom. The molecule has 0 radical (unpaired) electrons. The Labute approximate surface area is 103 Å². The molecule has 0 spiro atoms. The summed E-state index contributed by atoms with van der Waals surface area (Å²) in [6.45, 7) is 0.254. The van der Waals surface area contributed by atoms with Crippen LogP contribution >= 0.6 is 11.6 Å². The van der Waals surface area contributed by atoms with Crippen molar-refractivity contribution in [2.45, 2.75) is 25.3 Å². The quantitative estimate of drug-likeness (QED) is 0.760. The van der Waals surface area contributed by atoms with Gasteiger partial charge in [-0.15, -0.1) is 0 Å². The monoisotopic (exact) mass is 250 g/mol. The molecule has 1 aromatic heterocycles. The van der Waals surface area contributed by atoms with Crippen LogP contribution < -0.4 is 5.32 Å². The molecular weight excluding hydrogens is 240 g/mol. The Morgan fingerprint density at radius 1 is 1.41 bits per heavy atom. The maximum Gasteiger partial charge on any atom is 0.244 e. The Balaban J connectivity index is 2.13. The average Bonchev–Trinajstić information content (AvgIpc) is 2.53. The number of fused-ring (bicyclic) bond motifs is 3. The molecule has 1 aliphatic carbocycles. The first-order chi connectivity index (χ1) is 8.13. The molecule has 1 aliphatic heterocycles. The predicted molar refractivity (Wildman–Crippen MR) is 62.6 cm³/mol. The van der Waals surface area contributed by atoms with Crippen LogP contribution in [0.15, 0.2) is 24.0 Å². The second-order valence-electron chi connectivity index (χ2n) is 4.42. The van der Waals surface area contributed by atoms with E-state index in [0.29, 0.717) is 17.1 Å². The van der Waals surface area contributed by atoms with Crippen LogP contribution in [-0.4, -0.2) is 16.3 Å². The third-order valence-corrected chi connectivity index (χ3v) is 3.43. The zero-order valence-electron chi connectivity index (χ0n) is 9.07. The molecular formula is C12H11ClN2O2. The van der Waals surface area contributed by atoms with E-state index in [-0.39, 0.29) is 24.2 Å². The summed E-state index contributed by atoms with van der Waals surface area (Å²) in [6, 6.07) is 1.87. The van der Waals surface area contributed by atoms with E-state index in [9.17, 15) is 9.59 Å². The maximum absolute atomic E-state index is 11.7. The highest BCUT2D eigenvalue weighted by Crippen LogP contribution is 2.35. The van der Waals surface area contributed by atoms with Gasteiger partial charge in [-0.1, -0.05) is 11.6 Å². The molecule has 5 heteroatoms. The highest BCUT2D eigenvalue weighted by atomic mass is 35.5. The van der Waals surface area contributed by atoms with Crippen molar-refractivity contribution in [1.82, 2.24) is 9.88 Å². The number of allylic oxidation sites excluding steroid dienone is 2. The van der Waals surface area contributed by atoms with Gasteiger partial charge in [0.25, 0.3) is 0 Å². The zero-order chi connectivity index (χ0) is 12.0. The first-order valence-corrected chi connectivity index (χ1v) is 5.91. The van der Waals surface area contributed by atoms with Crippen LogP contribution in [-0.2, 0) is 16.1 Å². The molecule has 3 rings (SSSR count). The van der Waals surface area contributed by atoms with Gasteiger partial charge in [0.1, 0.15) is 6.54 Å².